The van der Waals surface area contributed by atoms with Crippen molar-refractivity contribution in [2.24, 2.45) is 5.84 Å². The molecule has 0 unspecified atom stereocenters. The smallest absolute Gasteiger partial charge is 0.265 e. The predicted molar refractivity (Wildman–Crippen MR) is 58.1 cm³/mol. The summed E-state index contributed by atoms with van der Waals surface area (Å²) < 4.78 is 0. The number of aromatic nitrogens is 1. The fourth-order valence-corrected chi connectivity index (χ4v) is 1.57. The summed E-state index contributed by atoms with van der Waals surface area (Å²) in [6.07, 6.45) is 0. The minimum atomic E-state index is -0.295. The van der Waals surface area contributed by atoms with Crippen molar-refractivity contribution in [1.29, 1.82) is 0 Å². The van der Waals surface area contributed by atoms with Crippen LogP contribution in [0.1, 0.15) is 16.1 Å². The average molecular weight is 201 g/mol. The van der Waals surface area contributed by atoms with Gasteiger partial charge in [0.25, 0.3) is 5.91 Å². The van der Waals surface area contributed by atoms with Gasteiger partial charge in [-0.1, -0.05) is 18.2 Å². The lowest BCUT2D eigenvalue weighted by Crippen LogP contribution is -2.30. The zero-order valence-electron chi connectivity index (χ0n) is 8.32. The molecule has 0 atom stereocenters. The van der Waals surface area contributed by atoms with Crippen molar-refractivity contribution in [2.75, 3.05) is 0 Å². The Hall–Kier alpha value is -1.94. The number of nitrogens with two attached hydrogens (primary N) is 1. The van der Waals surface area contributed by atoms with E-state index in [9.17, 15) is 4.79 Å². The zero-order valence-corrected chi connectivity index (χ0v) is 8.32. The van der Waals surface area contributed by atoms with E-state index in [4.69, 9.17) is 5.84 Å². The Morgan fingerprint density at radius 2 is 2.13 bits per heavy atom. The summed E-state index contributed by atoms with van der Waals surface area (Å²) >= 11 is 0. The molecule has 2 rings (SSSR count). The Morgan fingerprint density at radius 1 is 1.40 bits per heavy atom. The Bertz CT molecular complexity index is 522. The molecule has 0 radical (unpaired) electrons. The van der Waals surface area contributed by atoms with Gasteiger partial charge < -0.3 is 0 Å². The highest BCUT2D eigenvalue weighted by molar-refractivity contribution is 6.05. The Kier molecular flexibility index (Phi) is 2.35. The van der Waals surface area contributed by atoms with Gasteiger partial charge in [0.05, 0.1) is 11.1 Å². The van der Waals surface area contributed by atoms with Crippen LogP contribution in [0.25, 0.3) is 10.9 Å². The lowest BCUT2D eigenvalue weighted by Gasteiger charge is -2.05. The summed E-state index contributed by atoms with van der Waals surface area (Å²) in [5, 5.41) is 0.811. The summed E-state index contributed by atoms with van der Waals surface area (Å²) in [5.41, 5.74) is 4.29. The highest BCUT2D eigenvalue weighted by atomic mass is 16.2. The van der Waals surface area contributed by atoms with E-state index in [2.05, 4.69) is 10.4 Å². The van der Waals surface area contributed by atoms with Gasteiger partial charge in [0.15, 0.2) is 0 Å². The molecule has 1 aromatic carbocycles. The van der Waals surface area contributed by atoms with Crippen LogP contribution >= 0.6 is 0 Å². The van der Waals surface area contributed by atoms with E-state index in [0.29, 0.717) is 5.56 Å². The molecular formula is C11H11N3O. The van der Waals surface area contributed by atoms with Crippen molar-refractivity contribution >= 4 is 16.8 Å². The molecule has 2 aromatic rings. The maximum absolute atomic E-state index is 11.5. The number of hydrogen-bond donors (Lipinski definition) is 2. The molecule has 0 aliphatic heterocycles. The number of amides is 1. The minimum absolute atomic E-state index is 0.295. The summed E-state index contributed by atoms with van der Waals surface area (Å²) in [6, 6.07) is 9.21. The quantitative estimate of drug-likeness (QED) is 0.413. The summed E-state index contributed by atoms with van der Waals surface area (Å²) in [6.45, 7) is 1.85. The molecule has 4 heteroatoms. The number of rotatable bonds is 1. The van der Waals surface area contributed by atoms with Gasteiger partial charge >= 0.3 is 0 Å². The number of fused-ring (bicyclic) bond motifs is 1. The number of pyridine rings is 1. The number of carbonyl (C=O) groups is 1. The number of nitrogen functional groups attached to an aromatic ring is 1. The van der Waals surface area contributed by atoms with Crippen LogP contribution in [0.5, 0.6) is 0 Å². The number of nitrogens with one attached hydrogen (secondary N) is 1. The van der Waals surface area contributed by atoms with Gasteiger partial charge in [-0.3, -0.25) is 15.2 Å². The molecule has 0 aliphatic rings. The van der Waals surface area contributed by atoms with Gasteiger partial charge in [-0.25, -0.2) is 5.84 Å². The second-order valence-electron chi connectivity index (χ2n) is 3.30. The first-order valence-electron chi connectivity index (χ1n) is 4.59. The number of para-hydroxylation sites is 1. The van der Waals surface area contributed by atoms with E-state index in [1.165, 1.54) is 0 Å². The molecule has 1 aromatic heterocycles. The van der Waals surface area contributed by atoms with Crippen LogP contribution in [-0.2, 0) is 0 Å². The molecule has 0 spiro atoms. The van der Waals surface area contributed by atoms with E-state index >= 15 is 0 Å². The van der Waals surface area contributed by atoms with Crippen LogP contribution in [0.2, 0.25) is 0 Å². The summed E-state index contributed by atoms with van der Waals surface area (Å²) in [5.74, 6) is 4.83. The lowest BCUT2D eigenvalue weighted by molar-refractivity contribution is 0.0955. The fraction of sp³-hybridized carbons (Fsp3) is 0.0909. The van der Waals surface area contributed by atoms with E-state index in [1.54, 1.807) is 6.07 Å². The Balaban J connectivity index is 2.76. The van der Waals surface area contributed by atoms with Crippen LogP contribution in [0.3, 0.4) is 0 Å². The third-order valence-corrected chi connectivity index (χ3v) is 2.22. The van der Waals surface area contributed by atoms with Crippen LogP contribution < -0.4 is 11.3 Å². The molecule has 0 aliphatic carbocycles. The molecule has 76 valence electrons. The zero-order chi connectivity index (χ0) is 10.8. The average Bonchev–Trinajstić information content (AvgIpc) is 2.26. The normalized spacial score (nSPS) is 10.3. The first-order valence-corrected chi connectivity index (χ1v) is 4.59. The molecule has 0 saturated carbocycles. The predicted octanol–water partition coefficient (Wildman–Crippen LogP) is 1.15. The first-order chi connectivity index (χ1) is 7.22. The highest BCUT2D eigenvalue weighted by Gasteiger charge is 2.09. The van der Waals surface area contributed by atoms with Crippen LogP contribution in [0.15, 0.2) is 30.3 Å². The molecule has 1 amide bonds. The topological polar surface area (TPSA) is 68.0 Å². The second-order valence-corrected chi connectivity index (χ2v) is 3.30. The number of benzene rings is 1. The third-order valence-electron chi connectivity index (χ3n) is 2.22. The number of nitrogens with zero attached hydrogens (tertiary/aromatic N) is 1. The molecule has 15 heavy (non-hydrogen) atoms. The summed E-state index contributed by atoms with van der Waals surface area (Å²) in [7, 11) is 0. The van der Waals surface area contributed by atoms with Gasteiger partial charge in [-0.15, -0.1) is 0 Å². The Morgan fingerprint density at radius 3 is 2.87 bits per heavy atom. The maximum Gasteiger partial charge on any atom is 0.265 e. The molecule has 3 N–H and O–H groups in total. The molecular weight excluding hydrogens is 190 g/mol. The number of hydrazine groups is 1. The van der Waals surface area contributed by atoms with Crippen molar-refractivity contribution in [2.45, 2.75) is 6.92 Å². The van der Waals surface area contributed by atoms with Gasteiger partial charge in [0, 0.05) is 11.1 Å². The van der Waals surface area contributed by atoms with Gasteiger partial charge in [0.1, 0.15) is 0 Å². The van der Waals surface area contributed by atoms with Crippen molar-refractivity contribution in [3.63, 3.8) is 0 Å². The third kappa shape index (κ3) is 1.67. The molecule has 0 bridgehead atoms. The van der Waals surface area contributed by atoms with Gasteiger partial charge in [0.2, 0.25) is 0 Å². The van der Waals surface area contributed by atoms with Crippen molar-refractivity contribution in [1.82, 2.24) is 10.4 Å². The van der Waals surface area contributed by atoms with E-state index < -0.39 is 0 Å². The van der Waals surface area contributed by atoms with E-state index in [0.717, 1.165) is 16.6 Å². The van der Waals surface area contributed by atoms with Crippen LogP contribution in [-0.4, -0.2) is 10.9 Å². The lowest BCUT2D eigenvalue weighted by atomic mass is 10.1. The van der Waals surface area contributed by atoms with Gasteiger partial charge in [-0.2, -0.15) is 0 Å². The largest absolute Gasteiger partial charge is 0.290 e. The van der Waals surface area contributed by atoms with Crippen LogP contribution in [0, 0.1) is 6.92 Å². The molecule has 0 saturated heterocycles. The van der Waals surface area contributed by atoms with Crippen molar-refractivity contribution in [3.8, 4) is 0 Å². The van der Waals surface area contributed by atoms with E-state index in [-0.39, 0.29) is 5.91 Å². The van der Waals surface area contributed by atoms with E-state index in [1.807, 2.05) is 31.2 Å². The Labute approximate surface area is 87.1 Å². The van der Waals surface area contributed by atoms with Gasteiger partial charge in [-0.05, 0) is 19.1 Å². The molecule has 4 nitrogen and oxygen atoms in total. The van der Waals surface area contributed by atoms with Crippen molar-refractivity contribution in [3.05, 3.63) is 41.6 Å². The minimum Gasteiger partial charge on any atom is -0.290 e. The second kappa shape index (κ2) is 3.67. The van der Waals surface area contributed by atoms with Crippen LogP contribution in [0.4, 0.5) is 0 Å². The SMILES string of the molecule is Cc1cc(C(=O)NN)c2ccccc2n1. The first kappa shape index (κ1) is 9.61. The number of carbonyl (C=O) groups excluding carboxylic acids is 1. The number of hydrogen-bond acceptors (Lipinski definition) is 3. The molecule has 1 heterocycles. The maximum atomic E-state index is 11.5. The molecule has 0 fully saturated rings. The standard InChI is InChI=1S/C11H11N3O/c1-7-6-9(11(15)14-12)8-4-2-3-5-10(8)13-7/h2-6H,12H2,1H3,(H,14,15). The fourth-order valence-electron chi connectivity index (χ4n) is 1.57. The highest BCUT2D eigenvalue weighted by Crippen LogP contribution is 2.17. The monoisotopic (exact) mass is 201 g/mol. The number of aryl methyl sites for hydroxylation is 1. The van der Waals surface area contributed by atoms with Crippen molar-refractivity contribution < 1.29 is 4.79 Å². The summed E-state index contributed by atoms with van der Waals surface area (Å²) in [4.78, 5) is 15.8.